The Kier molecular flexibility index (Phi) is 7.84. The molecule has 2 aromatic carbocycles. The molecule has 2 aromatic rings. The predicted octanol–water partition coefficient (Wildman–Crippen LogP) is 3.01. The van der Waals surface area contributed by atoms with Gasteiger partial charge in [0.15, 0.2) is 0 Å². The Morgan fingerprint density at radius 3 is 2.54 bits per heavy atom. The number of benzene rings is 2. The van der Waals surface area contributed by atoms with Crippen molar-refractivity contribution < 1.29 is 19.1 Å². The Morgan fingerprint density at radius 1 is 1.00 bits per heavy atom. The molecule has 0 radical (unpaired) electrons. The summed E-state index contributed by atoms with van der Waals surface area (Å²) in [4.78, 5) is 26.6. The second-order valence-electron chi connectivity index (χ2n) is 6.38. The van der Waals surface area contributed by atoms with Gasteiger partial charge in [-0.3, -0.25) is 4.79 Å². The van der Waals surface area contributed by atoms with Crippen LogP contribution in [0.2, 0.25) is 0 Å². The lowest BCUT2D eigenvalue weighted by atomic mass is 10.0. The lowest BCUT2D eigenvalue weighted by molar-refractivity contribution is 0.0596. The first kappa shape index (κ1) is 21.7. The number of carbonyl (C=O) groups excluding carboxylic acids is 2. The molecule has 0 bridgehead atoms. The first-order valence-corrected chi connectivity index (χ1v) is 9.01. The fourth-order valence-corrected chi connectivity index (χ4v) is 3.21. The van der Waals surface area contributed by atoms with Crippen LogP contribution in [-0.2, 0) is 4.74 Å². The zero-order valence-corrected chi connectivity index (χ0v) is 16.9. The number of halogens is 1. The topological polar surface area (TPSA) is 67.9 Å². The molecule has 1 amide bonds. The van der Waals surface area contributed by atoms with E-state index in [0.717, 1.165) is 37.2 Å². The molecule has 0 saturated carbocycles. The number of hydrogen-bond donors (Lipinski definition) is 1. The van der Waals surface area contributed by atoms with Crippen LogP contribution in [0.1, 0.15) is 27.1 Å². The largest absolute Gasteiger partial charge is 0.496 e. The summed E-state index contributed by atoms with van der Waals surface area (Å²) in [6.45, 7) is 3.23. The number of carbonyl (C=O) groups is 2. The van der Waals surface area contributed by atoms with Crippen molar-refractivity contribution in [2.24, 2.45) is 0 Å². The van der Waals surface area contributed by atoms with E-state index in [1.807, 2.05) is 35.2 Å². The minimum atomic E-state index is -0.447. The van der Waals surface area contributed by atoms with Crippen molar-refractivity contribution in [3.8, 4) is 16.9 Å². The van der Waals surface area contributed by atoms with Crippen molar-refractivity contribution in [1.29, 1.82) is 0 Å². The SMILES string of the molecule is COC(=O)c1ccc(-c2cccc(C(=O)N3CCCNCC3)c2)cc1OC.Cl. The van der Waals surface area contributed by atoms with E-state index in [9.17, 15) is 9.59 Å². The van der Waals surface area contributed by atoms with Crippen LogP contribution in [0.5, 0.6) is 5.75 Å². The number of methoxy groups -OCH3 is 2. The van der Waals surface area contributed by atoms with Crippen molar-refractivity contribution in [2.45, 2.75) is 6.42 Å². The molecule has 0 atom stereocenters. The highest BCUT2D eigenvalue weighted by Gasteiger charge is 2.18. The molecule has 1 fully saturated rings. The number of nitrogens with zero attached hydrogens (tertiary/aromatic N) is 1. The Hall–Kier alpha value is -2.57. The molecule has 1 aliphatic rings. The lowest BCUT2D eigenvalue weighted by Crippen LogP contribution is -2.34. The summed E-state index contributed by atoms with van der Waals surface area (Å²) < 4.78 is 10.1. The van der Waals surface area contributed by atoms with E-state index in [0.29, 0.717) is 23.4 Å². The monoisotopic (exact) mass is 404 g/mol. The number of esters is 1. The average Bonchev–Trinajstić information content (AvgIpc) is 3.01. The molecule has 0 aromatic heterocycles. The second kappa shape index (κ2) is 10.1. The van der Waals surface area contributed by atoms with Crippen LogP contribution in [0.15, 0.2) is 42.5 Å². The fourth-order valence-electron chi connectivity index (χ4n) is 3.21. The number of rotatable bonds is 4. The van der Waals surface area contributed by atoms with Crippen molar-refractivity contribution in [3.63, 3.8) is 0 Å². The summed E-state index contributed by atoms with van der Waals surface area (Å²) >= 11 is 0. The van der Waals surface area contributed by atoms with Gasteiger partial charge in [-0.15, -0.1) is 12.4 Å². The molecular weight excluding hydrogens is 380 g/mol. The molecular formula is C21H25ClN2O4. The van der Waals surface area contributed by atoms with Crippen LogP contribution in [-0.4, -0.2) is 57.2 Å². The predicted molar refractivity (Wildman–Crippen MR) is 110 cm³/mol. The van der Waals surface area contributed by atoms with E-state index in [1.165, 1.54) is 14.2 Å². The van der Waals surface area contributed by atoms with Crippen molar-refractivity contribution in [3.05, 3.63) is 53.6 Å². The van der Waals surface area contributed by atoms with Crippen LogP contribution >= 0.6 is 12.4 Å². The second-order valence-corrected chi connectivity index (χ2v) is 6.38. The average molecular weight is 405 g/mol. The van der Waals surface area contributed by atoms with Gasteiger partial charge in [0.2, 0.25) is 0 Å². The van der Waals surface area contributed by atoms with E-state index in [-0.39, 0.29) is 18.3 Å². The summed E-state index contributed by atoms with van der Waals surface area (Å²) in [5, 5.41) is 3.31. The number of nitrogens with one attached hydrogen (secondary N) is 1. The molecule has 0 aliphatic carbocycles. The quantitative estimate of drug-likeness (QED) is 0.793. The molecule has 0 unspecified atom stereocenters. The minimum Gasteiger partial charge on any atom is -0.496 e. The Morgan fingerprint density at radius 2 is 1.79 bits per heavy atom. The van der Waals surface area contributed by atoms with Crippen LogP contribution in [0.4, 0.5) is 0 Å². The van der Waals surface area contributed by atoms with Gasteiger partial charge in [0, 0.05) is 25.2 Å². The number of hydrogen-bond acceptors (Lipinski definition) is 5. The molecule has 1 N–H and O–H groups in total. The standard InChI is InChI=1S/C21H24N2O4.ClH/c1-26-19-14-16(7-8-18(19)21(25)27-2)15-5-3-6-17(13-15)20(24)23-11-4-9-22-10-12-23;/h3,5-8,13-14,22H,4,9-12H2,1-2H3;1H. The van der Waals surface area contributed by atoms with Gasteiger partial charge in [-0.1, -0.05) is 18.2 Å². The maximum absolute atomic E-state index is 12.9. The first-order valence-electron chi connectivity index (χ1n) is 9.01. The third-order valence-electron chi connectivity index (χ3n) is 4.68. The van der Waals surface area contributed by atoms with E-state index < -0.39 is 5.97 Å². The molecule has 3 rings (SSSR count). The molecule has 6 nitrogen and oxygen atoms in total. The molecule has 150 valence electrons. The van der Waals surface area contributed by atoms with Gasteiger partial charge in [-0.2, -0.15) is 0 Å². The third kappa shape index (κ3) is 4.82. The van der Waals surface area contributed by atoms with Crippen LogP contribution in [0, 0.1) is 0 Å². The van der Waals surface area contributed by atoms with E-state index >= 15 is 0 Å². The van der Waals surface area contributed by atoms with Gasteiger partial charge in [0.1, 0.15) is 11.3 Å². The summed E-state index contributed by atoms with van der Waals surface area (Å²) in [7, 11) is 2.85. The molecule has 1 heterocycles. The summed E-state index contributed by atoms with van der Waals surface area (Å²) in [5.41, 5.74) is 2.79. The van der Waals surface area contributed by atoms with Gasteiger partial charge in [-0.05, 0) is 48.4 Å². The van der Waals surface area contributed by atoms with Gasteiger partial charge in [0.25, 0.3) is 5.91 Å². The van der Waals surface area contributed by atoms with E-state index in [2.05, 4.69) is 5.32 Å². The van der Waals surface area contributed by atoms with Gasteiger partial charge in [-0.25, -0.2) is 4.79 Å². The summed E-state index contributed by atoms with van der Waals surface area (Å²) in [6, 6.07) is 12.8. The van der Waals surface area contributed by atoms with E-state index in [4.69, 9.17) is 9.47 Å². The number of amides is 1. The maximum atomic E-state index is 12.9. The van der Waals surface area contributed by atoms with Gasteiger partial charge in [0.05, 0.1) is 14.2 Å². The summed E-state index contributed by atoms with van der Waals surface area (Å²) in [5.74, 6) is 0.0328. The molecule has 0 spiro atoms. The maximum Gasteiger partial charge on any atom is 0.341 e. The molecule has 28 heavy (non-hydrogen) atoms. The third-order valence-corrected chi connectivity index (χ3v) is 4.68. The molecule has 7 heteroatoms. The minimum absolute atomic E-state index is 0. The smallest absolute Gasteiger partial charge is 0.341 e. The van der Waals surface area contributed by atoms with Crippen molar-refractivity contribution in [1.82, 2.24) is 10.2 Å². The van der Waals surface area contributed by atoms with E-state index in [1.54, 1.807) is 12.1 Å². The fraction of sp³-hybridized carbons (Fsp3) is 0.333. The van der Waals surface area contributed by atoms with Crippen molar-refractivity contribution in [2.75, 3.05) is 40.4 Å². The zero-order valence-electron chi connectivity index (χ0n) is 16.1. The summed E-state index contributed by atoms with van der Waals surface area (Å²) in [6.07, 6.45) is 0.956. The molecule has 1 saturated heterocycles. The highest BCUT2D eigenvalue weighted by molar-refractivity contribution is 5.96. The van der Waals surface area contributed by atoms with Crippen LogP contribution in [0.3, 0.4) is 0 Å². The van der Waals surface area contributed by atoms with Gasteiger partial charge >= 0.3 is 5.97 Å². The zero-order chi connectivity index (χ0) is 19.2. The first-order chi connectivity index (χ1) is 13.1. The van der Waals surface area contributed by atoms with Crippen LogP contribution < -0.4 is 10.1 Å². The Balaban J connectivity index is 0.00000280. The highest BCUT2D eigenvalue weighted by atomic mass is 35.5. The molecule has 1 aliphatic heterocycles. The Bertz CT molecular complexity index is 833. The van der Waals surface area contributed by atoms with Crippen molar-refractivity contribution >= 4 is 24.3 Å². The lowest BCUT2D eigenvalue weighted by Gasteiger charge is -2.20. The van der Waals surface area contributed by atoms with Gasteiger partial charge < -0.3 is 19.7 Å². The number of ether oxygens (including phenoxy) is 2. The highest BCUT2D eigenvalue weighted by Crippen LogP contribution is 2.28. The normalized spacial score (nSPS) is 13.9. The Labute approximate surface area is 171 Å². The van der Waals surface area contributed by atoms with Crippen LogP contribution in [0.25, 0.3) is 11.1 Å².